The van der Waals surface area contributed by atoms with Crippen molar-refractivity contribution in [2.75, 3.05) is 20.2 Å². The van der Waals surface area contributed by atoms with Crippen LogP contribution in [0.5, 0.6) is 5.88 Å². The average Bonchev–Trinajstić information content (AvgIpc) is 3.43. The fourth-order valence-corrected chi connectivity index (χ4v) is 3.77. The molecule has 0 spiro atoms. The van der Waals surface area contributed by atoms with E-state index in [1.54, 1.807) is 6.07 Å². The number of alkyl halides is 3. The Hall–Kier alpha value is -3.98. The quantitative estimate of drug-likeness (QED) is 0.582. The minimum absolute atomic E-state index is 0.0602. The maximum Gasteiger partial charge on any atom is 0.434 e. The first-order valence-corrected chi connectivity index (χ1v) is 10.1. The fourth-order valence-electron chi connectivity index (χ4n) is 3.77. The van der Waals surface area contributed by atoms with Gasteiger partial charge in [0.1, 0.15) is 17.7 Å². The van der Waals surface area contributed by atoms with Crippen molar-refractivity contribution in [3.8, 4) is 29.0 Å². The summed E-state index contributed by atoms with van der Waals surface area (Å²) < 4.78 is 63.1. The topological polar surface area (TPSA) is 110 Å². The molecule has 0 unspecified atom stereocenters. The first-order chi connectivity index (χ1) is 16.1. The largest absolute Gasteiger partial charge is 0.481 e. The molecule has 1 aromatic carbocycles. The minimum atomic E-state index is -5.00. The number of hydrogen-bond acceptors (Lipinski definition) is 6. The molecule has 1 amide bonds. The lowest BCUT2D eigenvalue weighted by Crippen LogP contribution is -2.33. The summed E-state index contributed by atoms with van der Waals surface area (Å²) in [6, 6.07) is 7.25. The van der Waals surface area contributed by atoms with Crippen LogP contribution in [0.4, 0.5) is 17.6 Å². The van der Waals surface area contributed by atoms with Crippen LogP contribution in [0.15, 0.2) is 36.5 Å². The summed E-state index contributed by atoms with van der Waals surface area (Å²) >= 11 is 0. The standard InChI is InChI=1S/C22H18F4N6O2/c1-34-17-5-4-15(10-29-17)32-19(22(24,25)26)18(21(33)31-7-6-14(28)11-31)30-20(32)12-2-3-13(9-27)16(23)8-12/h2-5,8,10,14H,6-7,11,28H2,1H3/t14-/m1/s1. The molecule has 1 saturated heterocycles. The van der Waals surface area contributed by atoms with Crippen LogP contribution in [0.25, 0.3) is 17.1 Å². The number of ether oxygens (including phenoxy) is 1. The number of nitrogens with zero attached hydrogens (tertiary/aromatic N) is 5. The molecule has 12 heteroatoms. The van der Waals surface area contributed by atoms with Gasteiger partial charge in [-0.2, -0.15) is 18.4 Å². The van der Waals surface area contributed by atoms with E-state index in [2.05, 4.69) is 9.97 Å². The number of carbonyl (C=O) groups is 1. The van der Waals surface area contributed by atoms with Gasteiger partial charge in [0, 0.05) is 30.8 Å². The van der Waals surface area contributed by atoms with Gasteiger partial charge in [0.15, 0.2) is 11.4 Å². The molecule has 8 nitrogen and oxygen atoms in total. The highest BCUT2D eigenvalue weighted by Crippen LogP contribution is 2.38. The van der Waals surface area contributed by atoms with Gasteiger partial charge >= 0.3 is 6.18 Å². The van der Waals surface area contributed by atoms with E-state index in [9.17, 15) is 22.4 Å². The Labute approximate surface area is 191 Å². The van der Waals surface area contributed by atoms with Gasteiger partial charge < -0.3 is 15.4 Å². The second-order valence-corrected chi connectivity index (χ2v) is 7.63. The van der Waals surface area contributed by atoms with Crippen molar-refractivity contribution in [3.63, 3.8) is 0 Å². The molecule has 1 aliphatic heterocycles. The second-order valence-electron chi connectivity index (χ2n) is 7.63. The normalized spacial score (nSPS) is 15.9. The molecule has 176 valence electrons. The number of nitriles is 1. The second kappa shape index (κ2) is 8.75. The number of carbonyl (C=O) groups excluding carboxylic acids is 1. The Morgan fingerprint density at radius 3 is 2.59 bits per heavy atom. The Morgan fingerprint density at radius 2 is 2.06 bits per heavy atom. The van der Waals surface area contributed by atoms with Crippen LogP contribution in [0.1, 0.15) is 28.2 Å². The van der Waals surface area contributed by atoms with E-state index in [4.69, 9.17) is 15.7 Å². The van der Waals surface area contributed by atoms with E-state index in [1.165, 1.54) is 30.2 Å². The van der Waals surface area contributed by atoms with Gasteiger partial charge in [0.2, 0.25) is 5.88 Å². The lowest BCUT2D eigenvalue weighted by Gasteiger charge is -2.18. The molecule has 2 aromatic heterocycles. The van der Waals surface area contributed by atoms with Gasteiger partial charge in [0.25, 0.3) is 5.91 Å². The zero-order valence-electron chi connectivity index (χ0n) is 17.8. The summed E-state index contributed by atoms with van der Waals surface area (Å²) in [5.41, 5.74) is 3.24. The van der Waals surface area contributed by atoms with Gasteiger partial charge in [-0.3, -0.25) is 9.36 Å². The summed E-state index contributed by atoms with van der Waals surface area (Å²) in [6.45, 7) is 0.281. The number of imidazole rings is 1. The molecule has 34 heavy (non-hydrogen) atoms. The van der Waals surface area contributed by atoms with Crippen molar-refractivity contribution >= 4 is 5.91 Å². The molecule has 1 atom stereocenters. The summed E-state index contributed by atoms with van der Waals surface area (Å²) in [6.07, 6.45) is -3.42. The van der Waals surface area contributed by atoms with Crippen LogP contribution in [0.2, 0.25) is 0 Å². The number of benzene rings is 1. The van der Waals surface area contributed by atoms with E-state index in [0.717, 1.165) is 18.3 Å². The SMILES string of the molecule is COc1ccc(-n2c(-c3ccc(C#N)c(F)c3)nc(C(=O)N3CC[C@@H](N)C3)c2C(F)(F)F)cn1. The van der Waals surface area contributed by atoms with Gasteiger partial charge in [-0.25, -0.2) is 14.4 Å². The van der Waals surface area contributed by atoms with Crippen molar-refractivity contribution in [1.82, 2.24) is 19.4 Å². The van der Waals surface area contributed by atoms with Crippen LogP contribution in [-0.2, 0) is 6.18 Å². The van der Waals surface area contributed by atoms with Crippen LogP contribution in [0, 0.1) is 17.1 Å². The Morgan fingerprint density at radius 1 is 1.29 bits per heavy atom. The number of aromatic nitrogens is 3. The third-order valence-electron chi connectivity index (χ3n) is 5.40. The molecule has 2 N–H and O–H groups in total. The lowest BCUT2D eigenvalue weighted by molar-refractivity contribution is -0.142. The highest BCUT2D eigenvalue weighted by molar-refractivity contribution is 5.95. The average molecular weight is 474 g/mol. The molecule has 1 aliphatic rings. The van der Waals surface area contributed by atoms with Crippen LogP contribution in [0.3, 0.4) is 0 Å². The summed E-state index contributed by atoms with van der Waals surface area (Å²) in [4.78, 5) is 22.3. The molecule has 1 fully saturated rings. The smallest absolute Gasteiger partial charge is 0.434 e. The molecule has 3 heterocycles. The molecular weight excluding hydrogens is 456 g/mol. The monoisotopic (exact) mass is 474 g/mol. The zero-order valence-corrected chi connectivity index (χ0v) is 17.8. The predicted octanol–water partition coefficient (Wildman–Crippen LogP) is 3.15. The number of halogens is 4. The maximum absolute atomic E-state index is 14.4. The number of pyridine rings is 1. The first kappa shape index (κ1) is 23.2. The Kier molecular flexibility index (Phi) is 5.97. The Balaban J connectivity index is 1.99. The first-order valence-electron chi connectivity index (χ1n) is 10.1. The highest BCUT2D eigenvalue weighted by atomic mass is 19.4. The zero-order chi connectivity index (χ0) is 24.6. The number of likely N-dealkylation sites (tertiary alicyclic amines) is 1. The van der Waals surface area contributed by atoms with Crippen LogP contribution in [-0.4, -0.2) is 51.6 Å². The molecule has 4 rings (SSSR count). The van der Waals surface area contributed by atoms with E-state index in [1.807, 2.05) is 0 Å². The summed E-state index contributed by atoms with van der Waals surface area (Å²) in [5.74, 6) is -2.05. The molecule has 0 bridgehead atoms. The van der Waals surface area contributed by atoms with Crippen LogP contribution >= 0.6 is 0 Å². The number of rotatable bonds is 4. The van der Waals surface area contributed by atoms with Crippen LogP contribution < -0.4 is 10.5 Å². The molecular formula is C22H18F4N6O2. The lowest BCUT2D eigenvalue weighted by atomic mass is 10.1. The molecule has 0 radical (unpaired) electrons. The van der Waals surface area contributed by atoms with Crippen molar-refractivity contribution in [3.05, 3.63) is 59.3 Å². The van der Waals surface area contributed by atoms with E-state index in [-0.39, 0.29) is 47.7 Å². The predicted molar refractivity (Wildman–Crippen MR) is 112 cm³/mol. The summed E-state index contributed by atoms with van der Waals surface area (Å²) in [7, 11) is 1.35. The van der Waals surface area contributed by atoms with Gasteiger partial charge in [0.05, 0.1) is 24.6 Å². The number of amides is 1. The van der Waals surface area contributed by atoms with E-state index < -0.39 is 29.3 Å². The highest BCUT2D eigenvalue weighted by Gasteiger charge is 2.44. The van der Waals surface area contributed by atoms with E-state index in [0.29, 0.717) is 11.0 Å². The van der Waals surface area contributed by atoms with Gasteiger partial charge in [-0.15, -0.1) is 0 Å². The number of hydrogen-bond donors (Lipinski definition) is 1. The van der Waals surface area contributed by atoms with Crippen molar-refractivity contribution in [2.45, 2.75) is 18.6 Å². The minimum Gasteiger partial charge on any atom is -0.481 e. The van der Waals surface area contributed by atoms with Gasteiger partial charge in [-0.1, -0.05) is 0 Å². The number of nitrogens with two attached hydrogens (primary N) is 1. The van der Waals surface area contributed by atoms with Crippen molar-refractivity contribution in [1.29, 1.82) is 5.26 Å². The molecule has 0 aliphatic carbocycles. The van der Waals surface area contributed by atoms with Crippen molar-refractivity contribution in [2.24, 2.45) is 5.73 Å². The Bertz CT molecular complexity index is 1280. The van der Waals surface area contributed by atoms with Gasteiger partial charge in [-0.05, 0) is 30.7 Å². The third kappa shape index (κ3) is 4.17. The summed E-state index contributed by atoms with van der Waals surface area (Å²) in [5, 5.41) is 8.99. The third-order valence-corrected chi connectivity index (χ3v) is 5.40. The maximum atomic E-state index is 14.4. The van der Waals surface area contributed by atoms with E-state index >= 15 is 0 Å². The number of methoxy groups -OCH3 is 1. The fraction of sp³-hybridized carbons (Fsp3) is 0.273. The van der Waals surface area contributed by atoms with Crippen molar-refractivity contribution < 1.29 is 27.1 Å². The molecule has 3 aromatic rings. The molecule has 0 saturated carbocycles.